The van der Waals surface area contributed by atoms with Gasteiger partial charge in [0.05, 0.1) is 16.6 Å². The van der Waals surface area contributed by atoms with Crippen molar-refractivity contribution in [3.05, 3.63) is 36.9 Å². The zero-order valence-electron chi connectivity index (χ0n) is 20.7. The predicted molar refractivity (Wildman–Crippen MR) is 146 cm³/mol. The van der Waals surface area contributed by atoms with Gasteiger partial charge >= 0.3 is 5.97 Å². The lowest BCUT2D eigenvalue weighted by atomic mass is 9.71. The zero-order valence-corrected chi connectivity index (χ0v) is 23.1. The Morgan fingerprint density at radius 3 is 2.44 bits per heavy atom. The molecular weight excluding hydrogens is 546 g/mol. The second-order valence-electron chi connectivity index (χ2n) is 9.54. The summed E-state index contributed by atoms with van der Waals surface area (Å²) in [5, 5.41) is 19.2. The number of nitrogens with zero attached hydrogens (tertiary/aromatic N) is 3. The molecule has 6 atom stereocenters. The predicted octanol–water partition coefficient (Wildman–Crippen LogP) is 2.98. The third-order valence-corrected chi connectivity index (χ3v) is 11.0. The number of halogens is 1. The average Bonchev–Trinajstić information content (AvgIpc) is 3.45. The third kappa shape index (κ3) is 4.24. The molecule has 1 spiro atoms. The second-order valence-corrected chi connectivity index (χ2v) is 12.3. The quantitative estimate of drug-likeness (QED) is 0.307. The largest absolute Gasteiger partial charge is 0.481 e. The lowest BCUT2D eigenvalue weighted by molar-refractivity contribution is -0.148. The number of aliphatic carboxylic acids is 1. The van der Waals surface area contributed by atoms with Crippen LogP contribution >= 0.6 is 27.7 Å². The molecule has 2 N–H and O–H groups in total. The fraction of sp³-hybridized carbons (Fsp3) is 0.577. The number of alkyl halides is 1. The van der Waals surface area contributed by atoms with E-state index in [-0.39, 0.29) is 41.6 Å². The van der Waals surface area contributed by atoms with Crippen molar-refractivity contribution in [2.45, 2.75) is 47.6 Å². The number of thioether (sulfide) groups is 1. The van der Waals surface area contributed by atoms with E-state index < -0.39 is 28.6 Å². The summed E-state index contributed by atoms with van der Waals surface area (Å²) in [5.74, 6) is -3.14. The van der Waals surface area contributed by atoms with Crippen LogP contribution in [0.4, 0.5) is 11.4 Å². The van der Waals surface area contributed by atoms with E-state index in [0.717, 1.165) is 18.8 Å². The summed E-state index contributed by atoms with van der Waals surface area (Å²) >= 11 is 5.13. The van der Waals surface area contributed by atoms with Gasteiger partial charge in [0.15, 0.2) is 0 Å². The van der Waals surface area contributed by atoms with E-state index in [1.807, 2.05) is 24.3 Å². The van der Waals surface area contributed by atoms with Gasteiger partial charge in [0, 0.05) is 54.2 Å². The number of anilines is 2. The summed E-state index contributed by atoms with van der Waals surface area (Å²) in [6, 6.07) is 6.97. The van der Waals surface area contributed by atoms with Gasteiger partial charge in [-0.25, -0.2) is 0 Å². The number of carboxylic acid groups (broad SMARTS) is 1. The summed E-state index contributed by atoms with van der Waals surface area (Å²) in [6.45, 7) is 10.1. The molecule has 2 amide bonds. The zero-order chi connectivity index (χ0) is 26.2. The Labute approximate surface area is 224 Å². The molecule has 0 saturated carbocycles. The first-order valence-electron chi connectivity index (χ1n) is 12.5. The standard InChI is InChI=1S/C26H34BrN3O5S/c1-4-12-29(17-10-8-16(9-11-17)28(5-2)6-3)24(33)22-26-15-18(27)21(36-26)19(25(34)35)20(26)23(32)30(22)13-7-14-31/h4,8-11,18-22,31H,1,5-7,12-15H2,2-3H3,(H,34,35)/t18?,19-,20+,21-,22?,26?/m1/s1. The van der Waals surface area contributed by atoms with Crippen LogP contribution in [-0.4, -0.2) is 86.5 Å². The monoisotopic (exact) mass is 579 g/mol. The van der Waals surface area contributed by atoms with E-state index in [0.29, 0.717) is 18.5 Å². The van der Waals surface area contributed by atoms with Gasteiger partial charge in [-0.15, -0.1) is 18.3 Å². The van der Waals surface area contributed by atoms with Gasteiger partial charge in [-0.1, -0.05) is 22.0 Å². The highest BCUT2D eigenvalue weighted by atomic mass is 79.9. The first-order valence-corrected chi connectivity index (χ1v) is 14.3. The smallest absolute Gasteiger partial charge is 0.308 e. The maximum Gasteiger partial charge on any atom is 0.308 e. The number of carboxylic acids is 1. The molecule has 10 heteroatoms. The Morgan fingerprint density at radius 1 is 1.25 bits per heavy atom. The molecule has 3 aliphatic rings. The molecule has 3 unspecified atom stereocenters. The minimum absolute atomic E-state index is 0.0954. The molecule has 1 aromatic carbocycles. The molecule has 0 aromatic heterocycles. The van der Waals surface area contributed by atoms with E-state index in [9.17, 15) is 24.6 Å². The topological polar surface area (TPSA) is 101 Å². The van der Waals surface area contributed by atoms with Gasteiger partial charge in [-0.05, 0) is 51.0 Å². The number of rotatable bonds is 11. The number of aliphatic hydroxyl groups is 1. The molecule has 1 aromatic rings. The number of fused-ring (bicyclic) bond motifs is 1. The molecule has 3 fully saturated rings. The number of hydrogen-bond acceptors (Lipinski definition) is 6. The van der Waals surface area contributed by atoms with Crippen molar-refractivity contribution >= 4 is 56.9 Å². The van der Waals surface area contributed by atoms with Crippen molar-refractivity contribution in [2.24, 2.45) is 11.8 Å². The molecule has 2 bridgehead atoms. The third-order valence-electron chi connectivity index (χ3n) is 7.73. The number of carbonyl (C=O) groups is 3. The van der Waals surface area contributed by atoms with Gasteiger partial charge in [0.25, 0.3) is 5.91 Å². The molecule has 196 valence electrons. The van der Waals surface area contributed by atoms with Crippen LogP contribution in [0.5, 0.6) is 0 Å². The van der Waals surface area contributed by atoms with Gasteiger partial charge in [-0.2, -0.15) is 0 Å². The van der Waals surface area contributed by atoms with Crippen LogP contribution < -0.4 is 9.80 Å². The van der Waals surface area contributed by atoms with Crippen LogP contribution in [-0.2, 0) is 14.4 Å². The fourth-order valence-electron chi connectivity index (χ4n) is 6.20. The van der Waals surface area contributed by atoms with E-state index >= 15 is 0 Å². The number of likely N-dealkylation sites (tertiary alicyclic amines) is 1. The summed E-state index contributed by atoms with van der Waals surface area (Å²) in [5.41, 5.74) is 1.76. The van der Waals surface area contributed by atoms with Crippen molar-refractivity contribution in [2.75, 3.05) is 42.6 Å². The molecule has 0 radical (unpaired) electrons. The number of benzene rings is 1. The van der Waals surface area contributed by atoms with E-state index in [4.69, 9.17) is 0 Å². The van der Waals surface area contributed by atoms with Crippen LogP contribution in [0.25, 0.3) is 0 Å². The maximum absolute atomic E-state index is 14.3. The fourth-order valence-corrected chi connectivity index (χ4v) is 9.80. The number of hydrogen-bond donors (Lipinski definition) is 2. The average molecular weight is 581 g/mol. The number of aliphatic hydroxyl groups excluding tert-OH is 1. The molecule has 0 aliphatic carbocycles. The SMILES string of the molecule is C=CCN(C(=O)C1N(CCCO)C(=O)[C@@H]2[C@@H](C(=O)O)[C@@H]3SC12CC3Br)c1ccc(N(CC)CC)cc1. The second kappa shape index (κ2) is 10.8. The van der Waals surface area contributed by atoms with Crippen molar-refractivity contribution in [3.63, 3.8) is 0 Å². The van der Waals surface area contributed by atoms with Crippen molar-refractivity contribution in [1.29, 1.82) is 0 Å². The highest BCUT2D eigenvalue weighted by molar-refractivity contribution is 9.09. The molecule has 3 aliphatic heterocycles. The van der Waals surface area contributed by atoms with E-state index in [1.54, 1.807) is 11.0 Å². The van der Waals surface area contributed by atoms with Crippen LogP contribution in [0.15, 0.2) is 36.9 Å². The van der Waals surface area contributed by atoms with E-state index in [1.165, 1.54) is 16.7 Å². The Morgan fingerprint density at radius 2 is 1.89 bits per heavy atom. The summed E-state index contributed by atoms with van der Waals surface area (Å²) in [7, 11) is 0. The van der Waals surface area contributed by atoms with Crippen LogP contribution in [0, 0.1) is 11.8 Å². The number of amides is 2. The lowest BCUT2D eigenvalue weighted by Crippen LogP contribution is -2.55. The Kier molecular flexibility index (Phi) is 8.07. The van der Waals surface area contributed by atoms with Gasteiger partial charge in [0.2, 0.25) is 5.91 Å². The van der Waals surface area contributed by atoms with Gasteiger partial charge in [-0.3, -0.25) is 14.4 Å². The Bertz CT molecular complexity index is 1020. The highest BCUT2D eigenvalue weighted by Gasteiger charge is 2.76. The minimum atomic E-state index is -0.998. The maximum atomic E-state index is 14.3. The summed E-state index contributed by atoms with van der Waals surface area (Å²) in [4.78, 5) is 45.6. The molecule has 3 heterocycles. The first kappa shape index (κ1) is 27.0. The first-order chi connectivity index (χ1) is 17.2. The normalized spacial score (nSPS) is 30.4. The minimum Gasteiger partial charge on any atom is -0.481 e. The highest BCUT2D eigenvalue weighted by Crippen LogP contribution is 2.67. The molecule has 3 saturated heterocycles. The molecule has 8 nitrogen and oxygen atoms in total. The van der Waals surface area contributed by atoms with Crippen LogP contribution in [0.2, 0.25) is 0 Å². The van der Waals surface area contributed by atoms with Crippen LogP contribution in [0.3, 0.4) is 0 Å². The lowest BCUT2D eigenvalue weighted by Gasteiger charge is -2.37. The van der Waals surface area contributed by atoms with E-state index in [2.05, 4.69) is 41.3 Å². The number of carbonyl (C=O) groups excluding carboxylic acids is 2. The van der Waals surface area contributed by atoms with Crippen molar-refractivity contribution in [3.8, 4) is 0 Å². The molecule has 4 rings (SSSR count). The summed E-state index contributed by atoms with van der Waals surface area (Å²) < 4.78 is -0.827. The van der Waals surface area contributed by atoms with Crippen molar-refractivity contribution < 1.29 is 24.6 Å². The Hall–Kier alpha value is -2.04. The van der Waals surface area contributed by atoms with Crippen molar-refractivity contribution in [1.82, 2.24) is 4.90 Å². The molecular formula is C26H34BrN3O5S. The Balaban J connectivity index is 1.74. The van der Waals surface area contributed by atoms with Gasteiger partial charge < -0.3 is 24.9 Å². The summed E-state index contributed by atoms with van der Waals surface area (Å²) in [6.07, 6.45) is 2.52. The molecule has 36 heavy (non-hydrogen) atoms. The van der Waals surface area contributed by atoms with Crippen LogP contribution in [0.1, 0.15) is 26.7 Å². The van der Waals surface area contributed by atoms with Gasteiger partial charge in [0.1, 0.15) is 6.04 Å².